The minimum atomic E-state index is 0.332. The largest absolute Gasteiger partial charge is 0.348 e. The maximum absolute atomic E-state index is 5.90. The average Bonchev–Trinajstić information content (AvgIpc) is 2.78. The van der Waals surface area contributed by atoms with Gasteiger partial charge in [-0.25, -0.2) is 4.98 Å². The molecule has 1 heterocycles. The molecule has 3 nitrogen and oxygen atoms in total. The van der Waals surface area contributed by atoms with Gasteiger partial charge < -0.3 is 10.3 Å². The Labute approximate surface area is 113 Å². The van der Waals surface area contributed by atoms with Crippen LogP contribution in [0.25, 0.3) is 0 Å². The number of nitrogens with zero attached hydrogens (tertiary/aromatic N) is 1. The van der Waals surface area contributed by atoms with Gasteiger partial charge in [-0.3, -0.25) is 0 Å². The first-order valence-electron chi connectivity index (χ1n) is 6.18. The Bertz CT molecular complexity index is 490. The molecule has 0 bridgehead atoms. The van der Waals surface area contributed by atoms with Gasteiger partial charge in [0, 0.05) is 23.3 Å². The van der Waals surface area contributed by atoms with E-state index >= 15 is 0 Å². The number of aromatic amines is 1. The molecule has 0 aliphatic heterocycles. The Morgan fingerprint density at radius 1 is 1.33 bits per heavy atom. The summed E-state index contributed by atoms with van der Waals surface area (Å²) < 4.78 is 0. The molecule has 1 atom stereocenters. The van der Waals surface area contributed by atoms with E-state index in [4.69, 9.17) is 11.6 Å². The van der Waals surface area contributed by atoms with Gasteiger partial charge in [-0.05, 0) is 31.0 Å². The quantitative estimate of drug-likeness (QED) is 0.865. The van der Waals surface area contributed by atoms with Crippen molar-refractivity contribution in [1.82, 2.24) is 15.3 Å². The molecule has 0 spiro atoms. The van der Waals surface area contributed by atoms with Gasteiger partial charge >= 0.3 is 0 Å². The third kappa shape index (κ3) is 3.12. The molecule has 1 aromatic heterocycles. The highest BCUT2D eigenvalue weighted by molar-refractivity contribution is 6.30. The summed E-state index contributed by atoms with van der Waals surface area (Å²) in [5.41, 5.74) is 3.45. The Hall–Kier alpha value is -1.32. The highest BCUT2D eigenvalue weighted by Crippen LogP contribution is 2.19. The lowest BCUT2D eigenvalue weighted by molar-refractivity contribution is 0.514. The summed E-state index contributed by atoms with van der Waals surface area (Å²) in [4.78, 5) is 7.38. The smallest absolute Gasteiger partial charge is 0.0925 e. The van der Waals surface area contributed by atoms with E-state index in [-0.39, 0.29) is 0 Å². The maximum Gasteiger partial charge on any atom is 0.0925 e. The molecule has 1 unspecified atom stereocenters. The Morgan fingerprint density at radius 2 is 2.06 bits per heavy atom. The number of hydrogen-bond acceptors (Lipinski definition) is 2. The molecule has 2 aromatic rings. The van der Waals surface area contributed by atoms with E-state index in [2.05, 4.69) is 34.3 Å². The standard InChI is InChI=1S/C14H18ClN3/c1-3-13(11-4-6-12(15)7-5-11)16-8-14-10(2)17-9-18-14/h4-7,9,13,16H,3,8H2,1-2H3,(H,17,18). The van der Waals surface area contributed by atoms with Crippen LogP contribution < -0.4 is 5.32 Å². The molecule has 1 aromatic carbocycles. The minimum Gasteiger partial charge on any atom is -0.348 e. The van der Waals surface area contributed by atoms with Crippen molar-refractivity contribution in [3.05, 3.63) is 52.6 Å². The number of aryl methyl sites for hydroxylation is 1. The fourth-order valence-electron chi connectivity index (χ4n) is 1.98. The van der Waals surface area contributed by atoms with Crippen LogP contribution in [0.5, 0.6) is 0 Å². The van der Waals surface area contributed by atoms with Crippen LogP contribution in [0.3, 0.4) is 0 Å². The van der Waals surface area contributed by atoms with Crippen LogP contribution in [0.4, 0.5) is 0 Å². The maximum atomic E-state index is 5.90. The normalized spacial score (nSPS) is 12.6. The van der Waals surface area contributed by atoms with Crippen LogP contribution in [-0.4, -0.2) is 9.97 Å². The third-order valence-electron chi connectivity index (χ3n) is 3.13. The van der Waals surface area contributed by atoms with E-state index < -0.39 is 0 Å². The summed E-state index contributed by atoms with van der Waals surface area (Å²) in [6.07, 6.45) is 2.76. The topological polar surface area (TPSA) is 40.7 Å². The van der Waals surface area contributed by atoms with Crippen LogP contribution in [0.15, 0.2) is 30.6 Å². The highest BCUT2D eigenvalue weighted by atomic mass is 35.5. The molecule has 0 radical (unpaired) electrons. The lowest BCUT2D eigenvalue weighted by atomic mass is 10.0. The fourth-order valence-corrected chi connectivity index (χ4v) is 2.10. The summed E-state index contributed by atoms with van der Waals surface area (Å²) in [6, 6.07) is 8.34. The molecule has 0 amide bonds. The summed E-state index contributed by atoms with van der Waals surface area (Å²) in [5, 5.41) is 4.30. The minimum absolute atomic E-state index is 0.332. The zero-order valence-electron chi connectivity index (χ0n) is 10.7. The molecule has 18 heavy (non-hydrogen) atoms. The van der Waals surface area contributed by atoms with Gasteiger partial charge in [-0.2, -0.15) is 0 Å². The van der Waals surface area contributed by atoms with E-state index in [1.54, 1.807) is 6.33 Å². The number of H-pyrrole nitrogens is 1. The molecular weight excluding hydrogens is 246 g/mol. The summed E-state index contributed by atoms with van der Waals surface area (Å²) in [7, 11) is 0. The number of halogens is 1. The molecule has 0 aliphatic carbocycles. The van der Waals surface area contributed by atoms with Gasteiger partial charge in [0.1, 0.15) is 0 Å². The molecule has 0 saturated carbocycles. The molecule has 0 fully saturated rings. The zero-order chi connectivity index (χ0) is 13.0. The number of hydrogen-bond donors (Lipinski definition) is 2. The van der Waals surface area contributed by atoms with Crippen molar-refractivity contribution in [3.8, 4) is 0 Å². The molecule has 0 saturated heterocycles. The SMILES string of the molecule is CCC(NCc1nc[nH]c1C)c1ccc(Cl)cc1. The second-order valence-electron chi connectivity index (χ2n) is 4.37. The van der Waals surface area contributed by atoms with Crippen LogP contribution in [0.1, 0.15) is 36.3 Å². The number of aromatic nitrogens is 2. The monoisotopic (exact) mass is 263 g/mol. The van der Waals surface area contributed by atoms with Crippen molar-refractivity contribution in [2.75, 3.05) is 0 Å². The zero-order valence-corrected chi connectivity index (χ0v) is 11.5. The molecular formula is C14H18ClN3. The van der Waals surface area contributed by atoms with Crippen LogP contribution in [-0.2, 0) is 6.54 Å². The number of rotatable bonds is 5. The highest BCUT2D eigenvalue weighted by Gasteiger charge is 2.10. The van der Waals surface area contributed by atoms with Crippen molar-refractivity contribution < 1.29 is 0 Å². The Morgan fingerprint density at radius 3 is 2.61 bits per heavy atom. The summed E-state index contributed by atoms with van der Waals surface area (Å²) in [6.45, 7) is 4.98. The van der Waals surface area contributed by atoms with E-state index in [0.717, 1.165) is 29.4 Å². The van der Waals surface area contributed by atoms with Crippen molar-refractivity contribution in [3.63, 3.8) is 0 Å². The second kappa shape index (κ2) is 6.03. The van der Waals surface area contributed by atoms with Crippen LogP contribution >= 0.6 is 11.6 Å². The summed E-state index contributed by atoms with van der Waals surface area (Å²) >= 11 is 5.90. The van der Waals surface area contributed by atoms with E-state index in [0.29, 0.717) is 6.04 Å². The first-order valence-corrected chi connectivity index (χ1v) is 6.56. The lowest BCUT2D eigenvalue weighted by Crippen LogP contribution is -2.20. The molecule has 2 rings (SSSR count). The van der Waals surface area contributed by atoms with Gasteiger partial charge in [-0.1, -0.05) is 30.7 Å². The second-order valence-corrected chi connectivity index (χ2v) is 4.80. The lowest BCUT2D eigenvalue weighted by Gasteiger charge is -2.17. The van der Waals surface area contributed by atoms with Crippen LogP contribution in [0.2, 0.25) is 5.02 Å². The Balaban J connectivity index is 2.01. The van der Waals surface area contributed by atoms with Gasteiger partial charge in [-0.15, -0.1) is 0 Å². The average molecular weight is 264 g/mol. The van der Waals surface area contributed by atoms with Crippen molar-refractivity contribution in [2.24, 2.45) is 0 Å². The van der Waals surface area contributed by atoms with Crippen molar-refractivity contribution >= 4 is 11.6 Å². The van der Waals surface area contributed by atoms with Crippen molar-refractivity contribution in [2.45, 2.75) is 32.9 Å². The van der Waals surface area contributed by atoms with Crippen molar-refractivity contribution in [1.29, 1.82) is 0 Å². The number of benzene rings is 1. The molecule has 96 valence electrons. The van der Waals surface area contributed by atoms with Gasteiger partial charge in [0.25, 0.3) is 0 Å². The van der Waals surface area contributed by atoms with E-state index in [1.807, 2.05) is 19.1 Å². The summed E-state index contributed by atoms with van der Waals surface area (Å²) in [5.74, 6) is 0. The fraction of sp³-hybridized carbons (Fsp3) is 0.357. The predicted molar refractivity (Wildman–Crippen MR) is 74.6 cm³/mol. The molecule has 4 heteroatoms. The number of nitrogens with one attached hydrogen (secondary N) is 2. The first-order chi connectivity index (χ1) is 8.70. The van der Waals surface area contributed by atoms with E-state index in [1.165, 1.54) is 5.56 Å². The molecule has 2 N–H and O–H groups in total. The number of imidazole rings is 1. The van der Waals surface area contributed by atoms with Crippen LogP contribution in [0, 0.1) is 6.92 Å². The first kappa shape index (κ1) is 13.1. The Kier molecular flexibility index (Phi) is 4.39. The van der Waals surface area contributed by atoms with Gasteiger partial charge in [0.05, 0.1) is 12.0 Å². The molecule has 0 aliphatic rings. The third-order valence-corrected chi connectivity index (χ3v) is 3.38. The predicted octanol–water partition coefficient (Wildman–Crippen LogP) is 3.61. The van der Waals surface area contributed by atoms with Gasteiger partial charge in [0.2, 0.25) is 0 Å². The van der Waals surface area contributed by atoms with Gasteiger partial charge in [0.15, 0.2) is 0 Å². The van der Waals surface area contributed by atoms with E-state index in [9.17, 15) is 0 Å².